The molecule has 1 N–H and O–H groups in total. The van der Waals surface area contributed by atoms with E-state index in [1.807, 2.05) is 12.1 Å². The van der Waals surface area contributed by atoms with Gasteiger partial charge in [0.05, 0.1) is 6.61 Å². The fourth-order valence-corrected chi connectivity index (χ4v) is 3.45. The van der Waals surface area contributed by atoms with Crippen LogP contribution in [0.4, 0.5) is 0 Å². The molecule has 0 bridgehead atoms. The maximum absolute atomic E-state index is 5.99. The van der Waals surface area contributed by atoms with E-state index in [1.165, 1.54) is 22.3 Å². The molecule has 21 heavy (non-hydrogen) atoms. The van der Waals surface area contributed by atoms with E-state index in [4.69, 9.17) is 16.3 Å². The second-order valence-corrected chi connectivity index (χ2v) is 6.68. The van der Waals surface area contributed by atoms with Crippen LogP contribution in [0.3, 0.4) is 0 Å². The Morgan fingerprint density at radius 1 is 1.19 bits per heavy atom. The first-order valence-electron chi connectivity index (χ1n) is 7.03. The molecule has 3 rings (SSSR count). The summed E-state index contributed by atoms with van der Waals surface area (Å²) in [4.78, 5) is 0. The summed E-state index contributed by atoms with van der Waals surface area (Å²) in [7, 11) is 0. The standard InChI is InChI=1S/C17H17BrClNO/c1-11-6-16(19)3-2-13(11)9-20-10-14-8-15(18)7-12-4-5-21-17(12)14/h2-3,6-8,20H,4-5,9-10H2,1H3. The van der Waals surface area contributed by atoms with Gasteiger partial charge in [0, 0.05) is 34.6 Å². The quantitative estimate of drug-likeness (QED) is 0.851. The maximum atomic E-state index is 5.99. The molecule has 0 saturated carbocycles. The molecule has 1 aliphatic rings. The van der Waals surface area contributed by atoms with E-state index in [9.17, 15) is 0 Å². The van der Waals surface area contributed by atoms with Gasteiger partial charge in [0.1, 0.15) is 5.75 Å². The van der Waals surface area contributed by atoms with E-state index < -0.39 is 0 Å². The zero-order valence-corrected chi connectivity index (χ0v) is 14.2. The lowest BCUT2D eigenvalue weighted by Crippen LogP contribution is -2.14. The lowest BCUT2D eigenvalue weighted by atomic mass is 10.1. The van der Waals surface area contributed by atoms with Gasteiger partial charge >= 0.3 is 0 Å². The molecule has 4 heteroatoms. The van der Waals surface area contributed by atoms with Crippen LogP contribution in [-0.4, -0.2) is 6.61 Å². The lowest BCUT2D eigenvalue weighted by Gasteiger charge is -2.11. The Bertz CT molecular complexity index is 672. The molecule has 0 aliphatic carbocycles. The summed E-state index contributed by atoms with van der Waals surface area (Å²) in [5.41, 5.74) is 4.99. The first-order valence-corrected chi connectivity index (χ1v) is 8.20. The summed E-state index contributed by atoms with van der Waals surface area (Å²) in [6.45, 7) is 4.49. The molecule has 0 atom stereocenters. The molecule has 2 aromatic rings. The summed E-state index contributed by atoms with van der Waals surface area (Å²) in [6.07, 6.45) is 0.998. The van der Waals surface area contributed by atoms with E-state index in [-0.39, 0.29) is 0 Å². The topological polar surface area (TPSA) is 21.3 Å². The van der Waals surface area contributed by atoms with Gasteiger partial charge in [-0.05, 0) is 47.9 Å². The second kappa shape index (κ2) is 6.39. The highest BCUT2D eigenvalue weighted by atomic mass is 79.9. The SMILES string of the molecule is Cc1cc(Cl)ccc1CNCc1cc(Br)cc2c1OCC2. The van der Waals surface area contributed by atoms with Crippen LogP contribution < -0.4 is 10.1 Å². The first-order chi connectivity index (χ1) is 10.1. The van der Waals surface area contributed by atoms with Gasteiger partial charge < -0.3 is 10.1 Å². The first kappa shape index (κ1) is 14.9. The van der Waals surface area contributed by atoms with E-state index >= 15 is 0 Å². The number of fused-ring (bicyclic) bond motifs is 1. The number of hydrogen-bond donors (Lipinski definition) is 1. The van der Waals surface area contributed by atoms with Crippen LogP contribution >= 0.6 is 27.5 Å². The van der Waals surface area contributed by atoms with Crippen LogP contribution in [0, 0.1) is 6.92 Å². The van der Waals surface area contributed by atoms with Crippen molar-refractivity contribution < 1.29 is 4.74 Å². The molecule has 2 nitrogen and oxygen atoms in total. The Balaban J connectivity index is 1.68. The largest absolute Gasteiger partial charge is 0.493 e. The maximum Gasteiger partial charge on any atom is 0.127 e. The van der Waals surface area contributed by atoms with Gasteiger partial charge in [-0.1, -0.05) is 33.6 Å². The minimum atomic E-state index is 0.787. The molecule has 1 heterocycles. The van der Waals surface area contributed by atoms with Gasteiger partial charge in [-0.2, -0.15) is 0 Å². The minimum Gasteiger partial charge on any atom is -0.493 e. The van der Waals surface area contributed by atoms with Gasteiger partial charge in [0.15, 0.2) is 0 Å². The Hall–Kier alpha value is -1.03. The fourth-order valence-electron chi connectivity index (χ4n) is 2.67. The summed E-state index contributed by atoms with van der Waals surface area (Å²) < 4.78 is 6.87. The van der Waals surface area contributed by atoms with Gasteiger partial charge in [-0.25, -0.2) is 0 Å². The van der Waals surface area contributed by atoms with Crippen LogP contribution in [0.5, 0.6) is 5.75 Å². The van der Waals surface area contributed by atoms with Crippen LogP contribution in [0.2, 0.25) is 5.02 Å². The highest BCUT2D eigenvalue weighted by Gasteiger charge is 2.17. The fraction of sp³-hybridized carbons (Fsp3) is 0.294. The van der Waals surface area contributed by atoms with Crippen molar-refractivity contribution >= 4 is 27.5 Å². The Labute approximate surface area is 138 Å². The van der Waals surface area contributed by atoms with Crippen molar-refractivity contribution in [1.82, 2.24) is 5.32 Å². The molecule has 110 valence electrons. The predicted octanol–water partition coefficient (Wildman–Crippen LogP) is 4.64. The zero-order chi connectivity index (χ0) is 14.8. The van der Waals surface area contributed by atoms with Crippen molar-refractivity contribution in [3.63, 3.8) is 0 Å². The third kappa shape index (κ3) is 3.42. The Morgan fingerprint density at radius 2 is 2.00 bits per heavy atom. The molecule has 0 radical (unpaired) electrons. The molecule has 1 aliphatic heterocycles. The van der Waals surface area contributed by atoms with Gasteiger partial charge in [0.25, 0.3) is 0 Å². The third-order valence-electron chi connectivity index (χ3n) is 3.76. The van der Waals surface area contributed by atoms with Crippen molar-refractivity contribution in [2.45, 2.75) is 26.4 Å². The number of hydrogen-bond acceptors (Lipinski definition) is 2. The van der Waals surface area contributed by atoms with E-state index in [0.29, 0.717) is 0 Å². The van der Waals surface area contributed by atoms with Gasteiger partial charge in [-0.3, -0.25) is 0 Å². The minimum absolute atomic E-state index is 0.787. The number of aryl methyl sites for hydroxylation is 1. The van der Waals surface area contributed by atoms with E-state index in [0.717, 1.165) is 41.4 Å². The van der Waals surface area contributed by atoms with Crippen molar-refractivity contribution in [2.75, 3.05) is 6.61 Å². The van der Waals surface area contributed by atoms with Gasteiger partial charge in [-0.15, -0.1) is 0 Å². The molecule has 0 fully saturated rings. The van der Waals surface area contributed by atoms with Crippen molar-refractivity contribution in [3.8, 4) is 5.75 Å². The number of rotatable bonds is 4. The Morgan fingerprint density at radius 3 is 2.81 bits per heavy atom. The van der Waals surface area contributed by atoms with Crippen LogP contribution in [0.15, 0.2) is 34.8 Å². The van der Waals surface area contributed by atoms with Crippen molar-refractivity contribution in [2.24, 2.45) is 0 Å². The number of benzene rings is 2. The highest BCUT2D eigenvalue weighted by Crippen LogP contribution is 2.32. The van der Waals surface area contributed by atoms with E-state index in [2.05, 4.69) is 46.4 Å². The van der Waals surface area contributed by atoms with Gasteiger partial charge in [0.2, 0.25) is 0 Å². The smallest absolute Gasteiger partial charge is 0.127 e. The third-order valence-corrected chi connectivity index (χ3v) is 4.45. The van der Waals surface area contributed by atoms with E-state index in [1.54, 1.807) is 0 Å². The molecule has 2 aromatic carbocycles. The molecular weight excluding hydrogens is 350 g/mol. The number of nitrogens with one attached hydrogen (secondary N) is 1. The summed E-state index contributed by atoms with van der Waals surface area (Å²) >= 11 is 9.56. The molecular formula is C17H17BrClNO. The molecule has 0 amide bonds. The summed E-state index contributed by atoms with van der Waals surface area (Å²) in [5, 5.41) is 4.28. The molecule has 0 aromatic heterocycles. The molecule has 0 unspecified atom stereocenters. The van der Waals surface area contributed by atoms with Crippen molar-refractivity contribution in [1.29, 1.82) is 0 Å². The lowest BCUT2D eigenvalue weighted by molar-refractivity contribution is 0.352. The summed E-state index contributed by atoms with van der Waals surface area (Å²) in [6, 6.07) is 10.3. The second-order valence-electron chi connectivity index (χ2n) is 5.33. The Kier molecular flexibility index (Phi) is 4.53. The zero-order valence-electron chi connectivity index (χ0n) is 11.9. The van der Waals surface area contributed by atoms with Crippen LogP contribution in [0.1, 0.15) is 22.3 Å². The predicted molar refractivity (Wildman–Crippen MR) is 90.1 cm³/mol. The van der Waals surface area contributed by atoms with Crippen molar-refractivity contribution in [3.05, 3.63) is 62.1 Å². The average Bonchev–Trinajstić information content (AvgIpc) is 2.89. The number of halogens is 2. The van der Waals surface area contributed by atoms with Crippen LogP contribution in [-0.2, 0) is 19.5 Å². The number of ether oxygens (including phenoxy) is 1. The monoisotopic (exact) mass is 365 g/mol. The highest BCUT2D eigenvalue weighted by molar-refractivity contribution is 9.10. The van der Waals surface area contributed by atoms with Crippen LogP contribution in [0.25, 0.3) is 0 Å². The summed E-state index contributed by atoms with van der Waals surface area (Å²) in [5.74, 6) is 1.05. The molecule has 0 spiro atoms. The normalized spacial score (nSPS) is 13.1. The average molecular weight is 367 g/mol. The molecule has 0 saturated heterocycles.